The van der Waals surface area contributed by atoms with Gasteiger partial charge in [-0.3, -0.25) is 4.79 Å². The van der Waals surface area contributed by atoms with E-state index >= 15 is 0 Å². The molecule has 1 aliphatic heterocycles. The van der Waals surface area contributed by atoms with Crippen LogP contribution in [0.2, 0.25) is 0 Å². The maximum Gasteiger partial charge on any atom is 0.272 e. The van der Waals surface area contributed by atoms with Gasteiger partial charge in [0.15, 0.2) is 5.69 Å². The number of fused-ring (bicyclic) bond motifs is 1. The number of halogens is 1. The van der Waals surface area contributed by atoms with Gasteiger partial charge in [0.2, 0.25) is 0 Å². The van der Waals surface area contributed by atoms with Crippen LogP contribution in [0.4, 0.5) is 4.39 Å². The molecule has 2 aromatic carbocycles. The van der Waals surface area contributed by atoms with Gasteiger partial charge in [0.05, 0.1) is 17.4 Å². The summed E-state index contributed by atoms with van der Waals surface area (Å²) in [5.74, 6) is -0.0717. The fraction of sp³-hybridized carbons (Fsp3) is 0.238. The molecule has 4 nitrogen and oxygen atoms in total. The largest absolute Gasteiger partial charge is 0.340 e. The van der Waals surface area contributed by atoms with Gasteiger partial charge >= 0.3 is 0 Å². The van der Waals surface area contributed by atoms with E-state index < -0.39 is 0 Å². The number of para-hydroxylation sites is 1. The summed E-state index contributed by atoms with van der Waals surface area (Å²) in [5.41, 5.74) is 4.17. The van der Waals surface area contributed by atoms with Crippen molar-refractivity contribution in [2.75, 3.05) is 0 Å². The molecule has 1 amide bonds. The van der Waals surface area contributed by atoms with E-state index in [4.69, 9.17) is 0 Å². The van der Waals surface area contributed by atoms with Crippen LogP contribution in [0.1, 0.15) is 47.2 Å². The predicted octanol–water partition coefficient (Wildman–Crippen LogP) is 4.04. The van der Waals surface area contributed by atoms with Crippen LogP contribution >= 0.6 is 0 Å². The Bertz CT molecular complexity index is 945. The first-order valence-corrected chi connectivity index (χ1v) is 8.78. The van der Waals surface area contributed by atoms with Crippen molar-refractivity contribution in [3.8, 4) is 5.69 Å². The second-order valence-corrected chi connectivity index (χ2v) is 7.01. The molecule has 1 N–H and O–H groups in total. The van der Waals surface area contributed by atoms with Crippen LogP contribution in [0.3, 0.4) is 0 Å². The van der Waals surface area contributed by atoms with Gasteiger partial charge in [-0.15, -0.1) is 0 Å². The van der Waals surface area contributed by atoms with E-state index in [1.807, 2.05) is 35.0 Å². The molecule has 1 unspecified atom stereocenters. The molecule has 0 bridgehead atoms. The molecule has 0 radical (unpaired) electrons. The summed E-state index contributed by atoms with van der Waals surface area (Å²) in [4.78, 5) is 12.5. The first-order valence-electron chi connectivity index (χ1n) is 8.78. The van der Waals surface area contributed by atoms with Crippen molar-refractivity contribution in [3.63, 3.8) is 0 Å². The number of rotatable bonds is 4. The third-order valence-corrected chi connectivity index (χ3v) is 4.61. The van der Waals surface area contributed by atoms with Crippen molar-refractivity contribution >= 4 is 5.91 Å². The van der Waals surface area contributed by atoms with Crippen LogP contribution in [-0.2, 0) is 6.42 Å². The second-order valence-electron chi connectivity index (χ2n) is 7.01. The molecular weight excluding hydrogens is 329 g/mol. The van der Waals surface area contributed by atoms with Gasteiger partial charge in [-0.1, -0.05) is 44.2 Å². The van der Waals surface area contributed by atoms with Crippen molar-refractivity contribution in [3.05, 3.63) is 82.9 Å². The first-order chi connectivity index (χ1) is 12.5. The summed E-state index contributed by atoms with van der Waals surface area (Å²) in [6, 6.07) is 15.8. The van der Waals surface area contributed by atoms with Crippen molar-refractivity contribution < 1.29 is 9.18 Å². The van der Waals surface area contributed by atoms with Gasteiger partial charge in [0.1, 0.15) is 5.82 Å². The van der Waals surface area contributed by atoms with Crippen molar-refractivity contribution in [2.45, 2.75) is 26.3 Å². The lowest BCUT2D eigenvalue weighted by Gasteiger charge is -2.17. The molecule has 1 aliphatic rings. The van der Waals surface area contributed by atoms with Gasteiger partial charge in [-0.25, -0.2) is 9.07 Å². The molecule has 0 aliphatic carbocycles. The molecule has 0 fully saturated rings. The average molecular weight is 349 g/mol. The molecule has 3 aromatic rings. The Balaban J connectivity index is 1.89. The highest BCUT2D eigenvalue weighted by Crippen LogP contribution is 2.35. The van der Waals surface area contributed by atoms with Gasteiger partial charge in [0, 0.05) is 5.56 Å². The number of hydrogen-bond acceptors (Lipinski definition) is 2. The third-order valence-electron chi connectivity index (χ3n) is 4.61. The second kappa shape index (κ2) is 6.41. The van der Waals surface area contributed by atoms with E-state index in [-0.39, 0.29) is 17.8 Å². The van der Waals surface area contributed by atoms with E-state index in [1.54, 1.807) is 12.1 Å². The van der Waals surface area contributed by atoms with E-state index in [0.717, 1.165) is 28.9 Å². The van der Waals surface area contributed by atoms with E-state index in [0.29, 0.717) is 11.6 Å². The zero-order valence-electron chi connectivity index (χ0n) is 14.7. The number of carbonyl (C=O) groups excluding carboxylic acids is 1. The zero-order valence-corrected chi connectivity index (χ0v) is 14.7. The molecule has 1 aromatic heterocycles. The fourth-order valence-corrected chi connectivity index (χ4v) is 3.48. The number of amides is 1. The maximum absolute atomic E-state index is 13.3. The smallest absolute Gasteiger partial charge is 0.272 e. The molecule has 0 saturated carbocycles. The first kappa shape index (κ1) is 16.5. The average Bonchev–Trinajstić information content (AvgIpc) is 3.15. The molecular formula is C21H20FN3O. The molecule has 132 valence electrons. The Morgan fingerprint density at radius 1 is 1.12 bits per heavy atom. The van der Waals surface area contributed by atoms with Crippen LogP contribution in [0, 0.1) is 11.7 Å². The minimum Gasteiger partial charge on any atom is -0.340 e. The Hall–Kier alpha value is -2.95. The number of nitrogens with zero attached hydrogens (tertiary/aromatic N) is 2. The lowest BCUT2D eigenvalue weighted by Crippen LogP contribution is -2.23. The molecule has 0 saturated heterocycles. The van der Waals surface area contributed by atoms with Crippen molar-refractivity contribution in [1.82, 2.24) is 15.1 Å². The summed E-state index contributed by atoms with van der Waals surface area (Å²) in [7, 11) is 0. The Kier molecular flexibility index (Phi) is 4.07. The predicted molar refractivity (Wildman–Crippen MR) is 97.8 cm³/mol. The number of carbonyl (C=O) groups is 1. The number of hydrogen-bond donors (Lipinski definition) is 1. The summed E-state index contributed by atoms with van der Waals surface area (Å²) in [5, 5.41) is 7.61. The zero-order chi connectivity index (χ0) is 18.3. The Labute approximate surface area is 151 Å². The summed E-state index contributed by atoms with van der Waals surface area (Å²) in [6.07, 6.45) is 0.796. The molecule has 26 heavy (non-hydrogen) atoms. The third kappa shape index (κ3) is 2.79. The standard InChI is InChI=1S/C21H20FN3O/c1-13(2)12-17-18-19(14-8-10-15(22)11-9-14)23-21(26)20(18)24-25(17)16-6-4-3-5-7-16/h3-11,13,19H,12H2,1-2H3,(H,23,26). The van der Waals surface area contributed by atoms with E-state index in [1.165, 1.54) is 12.1 Å². The number of nitrogens with one attached hydrogen (secondary N) is 1. The highest BCUT2D eigenvalue weighted by molar-refractivity contribution is 5.98. The molecule has 4 rings (SSSR count). The van der Waals surface area contributed by atoms with Gasteiger partial charge in [0.25, 0.3) is 5.91 Å². The molecule has 0 spiro atoms. The van der Waals surface area contributed by atoms with Crippen LogP contribution in [-0.4, -0.2) is 15.7 Å². The number of benzene rings is 2. The Morgan fingerprint density at radius 3 is 2.46 bits per heavy atom. The quantitative estimate of drug-likeness (QED) is 0.773. The summed E-state index contributed by atoms with van der Waals surface area (Å²) >= 11 is 0. The topological polar surface area (TPSA) is 46.9 Å². The van der Waals surface area contributed by atoms with Crippen LogP contribution < -0.4 is 5.32 Å². The van der Waals surface area contributed by atoms with Crippen molar-refractivity contribution in [1.29, 1.82) is 0 Å². The van der Waals surface area contributed by atoms with E-state index in [2.05, 4.69) is 24.3 Å². The highest BCUT2D eigenvalue weighted by atomic mass is 19.1. The lowest BCUT2D eigenvalue weighted by molar-refractivity contribution is 0.0955. The SMILES string of the molecule is CC(C)Cc1c2c(nn1-c1ccccc1)C(=O)NC2c1ccc(F)cc1. The van der Waals surface area contributed by atoms with Gasteiger partial charge in [-0.2, -0.15) is 5.10 Å². The van der Waals surface area contributed by atoms with E-state index in [9.17, 15) is 9.18 Å². The van der Waals surface area contributed by atoms with Crippen LogP contribution in [0.25, 0.3) is 5.69 Å². The highest BCUT2D eigenvalue weighted by Gasteiger charge is 2.37. The lowest BCUT2D eigenvalue weighted by atomic mass is 9.95. The molecule has 1 atom stereocenters. The fourth-order valence-electron chi connectivity index (χ4n) is 3.48. The van der Waals surface area contributed by atoms with Crippen LogP contribution in [0.15, 0.2) is 54.6 Å². The normalized spacial score (nSPS) is 16.0. The Morgan fingerprint density at radius 2 is 1.81 bits per heavy atom. The molecule has 2 heterocycles. The minimum atomic E-state index is -0.302. The van der Waals surface area contributed by atoms with Crippen molar-refractivity contribution in [2.24, 2.45) is 5.92 Å². The number of aromatic nitrogens is 2. The summed E-state index contributed by atoms with van der Waals surface area (Å²) < 4.78 is 15.2. The van der Waals surface area contributed by atoms with Gasteiger partial charge in [-0.05, 0) is 42.2 Å². The van der Waals surface area contributed by atoms with Crippen LogP contribution in [0.5, 0.6) is 0 Å². The minimum absolute atomic E-state index is 0.186. The summed E-state index contributed by atoms with van der Waals surface area (Å²) in [6.45, 7) is 4.29. The molecule has 5 heteroatoms. The monoisotopic (exact) mass is 349 g/mol. The maximum atomic E-state index is 13.3. The van der Waals surface area contributed by atoms with Gasteiger partial charge < -0.3 is 5.32 Å².